The fourth-order valence-electron chi connectivity index (χ4n) is 2.06. The molecule has 0 aliphatic rings. The van der Waals surface area contributed by atoms with E-state index in [2.05, 4.69) is 21.2 Å². The minimum atomic E-state index is 0.0812. The summed E-state index contributed by atoms with van der Waals surface area (Å²) in [5.74, 6) is 0.588. The number of para-hydroxylation sites is 1. The van der Waals surface area contributed by atoms with Crippen LogP contribution in [-0.2, 0) is 0 Å². The number of nitrogens with zero attached hydrogens (tertiary/aromatic N) is 4. The van der Waals surface area contributed by atoms with Crippen molar-refractivity contribution in [2.45, 2.75) is 0 Å². The molecule has 0 fully saturated rings. The molecule has 0 aliphatic heterocycles. The number of aromatic nitrogens is 4. The molecule has 2 aromatic heterocycles. The first-order valence-electron chi connectivity index (χ1n) is 6.04. The van der Waals surface area contributed by atoms with Crippen molar-refractivity contribution in [3.8, 4) is 5.95 Å². The summed E-state index contributed by atoms with van der Waals surface area (Å²) in [6.07, 6.45) is 0. The Morgan fingerprint density at radius 1 is 0.900 bits per heavy atom. The van der Waals surface area contributed by atoms with Crippen LogP contribution in [-0.4, -0.2) is 33.5 Å². The van der Waals surface area contributed by atoms with E-state index in [1.54, 1.807) is 0 Å². The Labute approximate surface area is 125 Å². The molecule has 2 heterocycles. The molecular weight excluding hydrogens is 335 g/mol. The summed E-state index contributed by atoms with van der Waals surface area (Å²) in [6, 6.07) is 15.9. The summed E-state index contributed by atoms with van der Waals surface area (Å²) in [5.41, 5.74) is 1.64. The second-order valence-corrected chi connectivity index (χ2v) is 6.75. The van der Waals surface area contributed by atoms with E-state index in [-0.39, 0.29) is 14.7 Å². The molecule has 0 aliphatic carbocycles. The number of hydrogen-bond acceptors (Lipinski definition) is 4. The fourth-order valence-corrected chi connectivity index (χ4v) is 4.63. The van der Waals surface area contributed by atoms with Crippen molar-refractivity contribution < 1.29 is 0 Å². The molecule has 20 heavy (non-hydrogen) atoms. The molecule has 6 heteroatoms. The third kappa shape index (κ3) is 1.81. The second kappa shape index (κ2) is 4.59. The molecule has 0 saturated carbocycles. The molecule has 0 unspecified atom stereocenters. The zero-order chi connectivity index (χ0) is 13.5. The van der Waals surface area contributed by atoms with E-state index in [0.717, 1.165) is 21.1 Å². The van der Waals surface area contributed by atoms with Crippen LogP contribution in [0.2, 0.25) is 0 Å². The first kappa shape index (κ1) is 11.9. The molecule has 0 atom stereocenters. The summed E-state index contributed by atoms with van der Waals surface area (Å²) in [7, 11) is 0. The molecule has 4 rings (SSSR count). The van der Waals surface area contributed by atoms with Crippen molar-refractivity contribution in [1.29, 1.82) is 0 Å². The Hall–Kier alpha value is -1.88. The van der Waals surface area contributed by atoms with Crippen LogP contribution in [0.3, 0.4) is 0 Å². The molecule has 0 radical (unpaired) electrons. The van der Waals surface area contributed by atoms with Gasteiger partial charge in [0.25, 0.3) is 0 Å². The molecule has 0 amide bonds. The third-order valence-corrected chi connectivity index (χ3v) is 5.95. The summed E-state index contributed by atoms with van der Waals surface area (Å²) >= 11 is 5.61. The van der Waals surface area contributed by atoms with Gasteiger partial charge in [-0.3, -0.25) is 0 Å². The maximum atomic E-state index is 5.53. The Bertz CT molecular complexity index is 989. The van der Waals surface area contributed by atoms with Gasteiger partial charge in [0, 0.05) is 0 Å². The van der Waals surface area contributed by atoms with Gasteiger partial charge in [0.1, 0.15) is 0 Å². The van der Waals surface area contributed by atoms with Crippen molar-refractivity contribution in [1.82, 2.24) is 18.7 Å². The van der Waals surface area contributed by atoms with Crippen LogP contribution in [0.5, 0.6) is 0 Å². The van der Waals surface area contributed by atoms with Crippen molar-refractivity contribution in [3.05, 3.63) is 53.2 Å². The third-order valence-electron chi connectivity index (χ3n) is 3.02. The average Bonchev–Trinajstić information content (AvgIpc) is 2.84. The summed E-state index contributed by atoms with van der Waals surface area (Å²) in [5, 5.41) is 9.54. The number of rotatable bonds is 1. The summed E-state index contributed by atoms with van der Waals surface area (Å²) < 4.78 is 4.05. The quantitative estimate of drug-likeness (QED) is 0.394. The van der Waals surface area contributed by atoms with Crippen LogP contribution in [0.15, 0.2) is 48.5 Å². The Balaban J connectivity index is 2.01. The van der Waals surface area contributed by atoms with Crippen LogP contribution in [0.1, 0.15) is 0 Å². The normalized spacial score (nSPS) is 11.2. The second-order valence-electron chi connectivity index (χ2n) is 4.29. The molecule has 4 aromatic rings. The number of benzene rings is 2. The zero-order valence-electron chi connectivity index (χ0n) is 10.2. The monoisotopic (exact) mass is 344 g/mol. The van der Waals surface area contributed by atoms with Gasteiger partial charge >= 0.3 is 125 Å². The topological polar surface area (TPSA) is 43.6 Å². The SMILES string of the molecule is S=c1c2ccccc2[se]n1-c1nnc2ccccc2n1. The van der Waals surface area contributed by atoms with Gasteiger partial charge in [-0.05, 0) is 0 Å². The van der Waals surface area contributed by atoms with E-state index in [0.29, 0.717) is 5.95 Å². The molecule has 96 valence electrons. The van der Waals surface area contributed by atoms with Crippen LogP contribution in [0.25, 0.3) is 26.6 Å². The van der Waals surface area contributed by atoms with Gasteiger partial charge in [0.05, 0.1) is 0 Å². The molecule has 0 N–H and O–H groups in total. The van der Waals surface area contributed by atoms with Gasteiger partial charge in [0.15, 0.2) is 0 Å². The average molecular weight is 343 g/mol. The van der Waals surface area contributed by atoms with Gasteiger partial charge < -0.3 is 0 Å². The summed E-state index contributed by atoms with van der Waals surface area (Å²) in [4.78, 5) is 4.57. The molecular formula is C14H8N4SSe. The number of hydrogen-bond donors (Lipinski definition) is 0. The van der Waals surface area contributed by atoms with E-state index in [1.165, 1.54) is 4.26 Å². The molecule has 4 nitrogen and oxygen atoms in total. The van der Waals surface area contributed by atoms with Gasteiger partial charge in [-0.1, -0.05) is 0 Å². The first-order chi connectivity index (χ1) is 9.83. The van der Waals surface area contributed by atoms with E-state index in [1.807, 2.05) is 46.0 Å². The van der Waals surface area contributed by atoms with Crippen LogP contribution >= 0.6 is 12.2 Å². The van der Waals surface area contributed by atoms with Crippen molar-refractivity contribution in [2.75, 3.05) is 0 Å². The van der Waals surface area contributed by atoms with Crippen LogP contribution in [0, 0.1) is 4.64 Å². The minimum absolute atomic E-state index is 0.0812. The molecule has 0 spiro atoms. The van der Waals surface area contributed by atoms with Crippen LogP contribution < -0.4 is 0 Å². The van der Waals surface area contributed by atoms with Gasteiger partial charge in [-0.15, -0.1) is 0 Å². The molecule has 2 aromatic carbocycles. The predicted octanol–water partition coefficient (Wildman–Crippen LogP) is 2.76. The predicted molar refractivity (Wildman–Crippen MR) is 81.9 cm³/mol. The molecule has 0 saturated heterocycles. The van der Waals surface area contributed by atoms with Crippen molar-refractivity contribution >= 4 is 47.6 Å². The van der Waals surface area contributed by atoms with E-state index in [9.17, 15) is 0 Å². The number of fused-ring (bicyclic) bond motifs is 2. The van der Waals surface area contributed by atoms with Gasteiger partial charge in [0.2, 0.25) is 0 Å². The Morgan fingerprint density at radius 2 is 1.65 bits per heavy atom. The standard InChI is InChI=1S/C14H8N4SSe/c19-13-9-5-1-4-8-12(9)20-18(13)14-15-10-6-2-3-7-11(10)16-17-14/h1-8H. The van der Waals surface area contributed by atoms with Gasteiger partial charge in [-0.2, -0.15) is 0 Å². The zero-order valence-corrected chi connectivity index (χ0v) is 12.8. The Morgan fingerprint density at radius 3 is 2.50 bits per heavy atom. The maximum absolute atomic E-state index is 5.53. The summed E-state index contributed by atoms with van der Waals surface area (Å²) in [6.45, 7) is 0. The Kier molecular flexibility index (Phi) is 2.73. The van der Waals surface area contributed by atoms with Crippen LogP contribution in [0.4, 0.5) is 0 Å². The van der Waals surface area contributed by atoms with Crippen molar-refractivity contribution in [3.63, 3.8) is 0 Å². The van der Waals surface area contributed by atoms with Crippen molar-refractivity contribution in [2.24, 2.45) is 0 Å². The molecule has 0 bridgehead atoms. The van der Waals surface area contributed by atoms with Gasteiger partial charge in [-0.25, -0.2) is 0 Å². The fraction of sp³-hybridized carbons (Fsp3) is 0. The van der Waals surface area contributed by atoms with E-state index >= 15 is 0 Å². The first-order valence-corrected chi connectivity index (χ1v) is 8.07. The van der Waals surface area contributed by atoms with E-state index < -0.39 is 0 Å². The van der Waals surface area contributed by atoms with E-state index in [4.69, 9.17) is 12.2 Å².